The highest BCUT2D eigenvalue weighted by atomic mass is 16.5. The quantitative estimate of drug-likeness (QED) is 0.762. The molecule has 21 heavy (non-hydrogen) atoms. The van der Waals surface area contributed by atoms with E-state index in [-0.39, 0.29) is 0 Å². The first-order valence-corrected chi connectivity index (χ1v) is 6.66. The van der Waals surface area contributed by atoms with Crippen LogP contribution in [-0.2, 0) is 0 Å². The van der Waals surface area contributed by atoms with E-state index in [1.807, 2.05) is 60.7 Å². The number of nitrogens with one attached hydrogen (secondary N) is 1. The number of benzene rings is 2. The third-order valence-electron chi connectivity index (χ3n) is 3.16. The van der Waals surface area contributed by atoms with Crippen LogP contribution in [-0.4, -0.2) is 4.98 Å². The second kappa shape index (κ2) is 4.83. The van der Waals surface area contributed by atoms with Gasteiger partial charge in [0, 0.05) is 6.08 Å². The Morgan fingerprint density at radius 1 is 1.00 bits per heavy atom. The van der Waals surface area contributed by atoms with Crippen LogP contribution in [0.15, 0.2) is 71.0 Å². The van der Waals surface area contributed by atoms with E-state index in [9.17, 15) is 0 Å². The molecule has 0 atom stereocenters. The summed E-state index contributed by atoms with van der Waals surface area (Å²) in [7, 11) is 0. The molecule has 4 nitrogen and oxygen atoms in total. The fraction of sp³-hybridized carbons (Fsp3) is 0. The van der Waals surface area contributed by atoms with Gasteiger partial charge in [-0.25, -0.2) is 4.98 Å². The van der Waals surface area contributed by atoms with Gasteiger partial charge in [-0.15, -0.1) is 0 Å². The highest BCUT2D eigenvalue weighted by Crippen LogP contribution is 2.32. The smallest absolute Gasteiger partial charge is 0.219 e. The molecule has 4 heteroatoms. The second-order valence-electron chi connectivity index (χ2n) is 4.63. The molecule has 0 saturated heterocycles. The lowest BCUT2D eigenvalue weighted by Gasteiger charge is -1.94. The molecule has 102 valence electrons. The van der Waals surface area contributed by atoms with Crippen LogP contribution in [0.1, 0.15) is 5.89 Å². The third kappa shape index (κ3) is 2.27. The third-order valence-corrected chi connectivity index (χ3v) is 3.16. The zero-order valence-corrected chi connectivity index (χ0v) is 11.1. The molecule has 0 fully saturated rings. The van der Waals surface area contributed by atoms with Gasteiger partial charge in [-0.2, -0.15) is 0 Å². The molecule has 0 radical (unpaired) electrons. The normalized spacial score (nSPS) is 15.3. The number of nitrogens with zero attached hydrogens (tertiary/aromatic N) is 1. The predicted octanol–water partition coefficient (Wildman–Crippen LogP) is 4.19. The maximum atomic E-state index is 5.65. The van der Waals surface area contributed by atoms with Crippen molar-refractivity contribution >= 4 is 22.9 Å². The molecule has 0 bridgehead atoms. The molecule has 0 spiro atoms. The number of allylic oxidation sites excluding steroid dienone is 2. The number of aromatic nitrogens is 1. The molecule has 0 amide bonds. The van der Waals surface area contributed by atoms with Gasteiger partial charge in [0.15, 0.2) is 17.2 Å². The van der Waals surface area contributed by atoms with Gasteiger partial charge in [0.05, 0.1) is 5.69 Å². The summed E-state index contributed by atoms with van der Waals surface area (Å²) in [5, 5.41) is 3.18. The van der Waals surface area contributed by atoms with E-state index in [1.165, 1.54) is 0 Å². The zero-order valence-electron chi connectivity index (χ0n) is 11.1. The molecule has 3 aromatic rings. The minimum atomic E-state index is 0.573. The van der Waals surface area contributed by atoms with Crippen molar-refractivity contribution in [2.45, 2.75) is 0 Å². The number of hydrogen-bond acceptors (Lipinski definition) is 4. The Hall–Kier alpha value is -3.01. The summed E-state index contributed by atoms with van der Waals surface area (Å²) in [6.07, 6.45) is 5.49. The van der Waals surface area contributed by atoms with Crippen LogP contribution >= 0.6 is 0 Å². The monoisotopic (exact) mass is 276 g/mol. The molecular formula is C17H12N2O2. The number of para-hydroxylation sites is 4. The van der Waals surface area contributed by atoms with Gasteiger partial charge in [-0.05, 0) is 30.3 Å². The molecule has 4 rings (SSSR count). The van der Waals surface area contributed by atoms with Crippen molar-refractivity contribution in [3.05, 3.63) is 72.5 Å². The molecule has 0 aliphatic carbocycles. The average molecular weight is 276 g/mol. The van der Waals surface area contributed by atoms with E-state index in [0.29, 0.717) is 11.8 Å². The maximum absolute atomic E-state index is 5.65. The first-order valence-electron chi connectivity index (χ1n) is 6.66. The van der Waals surface area contributed by atoms with Crippen molar-refractivity contribution in [3.63, 3.8) is 0 Å². The van der Waals surface area contributed by atoms with Gasteiger partial charge in [0.1, 0.15) is 5.52 Å². The first kappa shape index (κ1) is 11.8. The van der Waals surface area contributed by atoms with Crippen molar-refractivity contribution in [1.29, 1.82) is 0 Å². The molecule has 2 heterocycles. The Balaban J connectivity index is 1.53. The summed E-state index contributed by atoms with van der Waals surface area (Å²) in [6, 6.07) is 15.5. The summed E-state index contributed by atoms with van der Waals surface area (Å²) in [5.41, 5.74) is 2.61. The van der Waals surface area contributed by atoms with Gasteiger partial charge in [-0.1, -0.05) is 30.3 Å². The SMILES string of the molecule is C(/C=C/c1nc2ccccc2o1)=C1\Nc2ccccc2O1. The van der Waals surface area contributed by atoms with E-state index in [2.05, 4.69) is 10.3 Å². The molecular weight excluding hydrogens is 264 g/mol. The van der Waals surface area contributed by atoms with Gasteiger partial charge in [-0.3, -0.25) is 0 Å². The van der Waals surface area contributed by atoms with Gasteiger partial charge in [0.25, 0.3) is 0 Å². The molecule has 1 aliphatic rings. The number of anilines is 1. The molecule has 0 saturated carbocycles. The fourth-order valence-electron chi connectivity index (χ4n) is 2.19. The minimum absolute atomic E-state index is 0.573. The average Bonchev–Trinajstić information content (AvgIpc) is 3.09. The largest absolute Gasteiger partial charge is 0.439 e. The molecule has 1 aromatic heterocycles. The lowest BCUT2D eigenvalue weighted by molar-refractivity contribution is 0.457. The van der Waals surface area contributed by atoms with E-state index in [4.69, 9.17) is 9.15 Å². The second-order valence-corrected chi connectivity index (χ2v) is 4.63. The standard InChI is InChI=1S/C17H12N2O2/c1-3-8-14-12(6-1)18-16(20-14)10-5-11-17-19-13-7-2-4-9-15(13)21-17/h1-11,18H/b11-5+,16-10-. The van der Waals surface area contributed by atoms with Crippen molar-refractivity contribution in [2.75, 3.05) is 5.32 Å². The van der Waals surface area contributed by atoms with E-state index < -0.39 is 0 Å². The number of oxazole rings is 1. The molecule has 2 aromatic carbocycles. The zero-order chi connectivity index (χ0) is 14.1. The highest BCUT2D eigenvalue weighted by Gasteiger charge is 2.13. The summed E-state index contributed by atoms with van der Waals surface area (Å²) >= 11 is 0. The summed E-state index contributed by atoms with van der Waals surface area (Å²) in [5.74, 6) is 2.09. The Bertz CT molecular complexity index is 802. The first-order chi connectivity index (χ1) is 10.4. The maximum Gasteiger partial charge on any atom is 0.219 e. The Morgan fingerprint density at radius 3 is 2.76 bits per heavy atom. The highest BCUT2D eigenvalue weighted by molar-refractivity contribution is 5.73. The van der Waals surface area contributed by atoms with Crippen LogP contribution in [0.4, 0.5) is 5.69 Å². The van der Waals surface area contributed by atoms with E-state index in [0.717, 1.165) is 22.5 Å². The summed E-state index contributed by atoms with van der Waals surface area (Å²) in [4.78, 5) is 4.37. The summed E-state index contributed by atoms with van der Waals surface area (Å²) in [6.45, 7) is 0. The predicted molar refractivity (Wildman–Crippen MR) is 81.8 cm³/mol. The Morgan fingerprint density at radius 2 is 1.86 bits per heavy atom. The number of rotatable bonds is 2. The Labute approximate surface area is 121 Å². The van der Waals surface area contributed by atoms with Crippen LogP contribution < -0.4 is 10.1 Å². The summed E-state index contributed by atoms with van der Waals surface area (Å²) < 4.78 is 11.3. The van der Waals surface area contributed by atoms with Crippen molar-refractivity contribution in [2.24, 2.45) is 0 Å². The number of fused-ring (bicyclic) bond motifs is 2. The van der Waals surface area contributed by atoms with Crippen LogP contribution in [0.2, 0.25) is 0 Å². The van der Waals surface area contributed by atoms with E-state index in [1.54, 1.807) is 6.08 Å². The topological polar surface area (TPSA) is 47.3 Å². The lowest BCUT2D eigenvalue weighted by atomic mass is 10.3. The number of ether oxygens (including phenoxy) is 1. The van der Waals surface area contributed by atoms with Crippen LogP contribution in [0.5, 0.6) is 5.75 Å². The van der Waals surface area contributed by atoms with Gasteiger partial charge >= 0.3 is 0 Å². The van der Waals surface area contributed by atoms with E-state index >= 15 is 0 Å². The molecule has 1 aliphatic heterocycles. The van der Waals surface area contributed by atoms with Crippen molar-refractivity contribution in [3.8, 4) is 5.75 Å². The minimum Gasteiger partial charge on any atom is -0.439 e. The van der Waals surface area contributed by atoms with Crippen LogP contribution in [0.3, 0.4) is 0 Å². The van der Waals surface area contributed by atoms with Crippen molar-refractivity contribution in [1.82, 2.24) is 4.98 Å². The molecule has 0 unspecified atom stereocenters. The van der Waals surface area contributed by atoms with Gasteiger partial charge in [0.2, 0.25) is 5.89 Å². The Kier molecular flexibility index (Phi) is 2.71. The van der Waals surface area contributed by atoms with Crippen LogP contribution in [0.25, 0.3) is 17.2 Å². The lowest BCUT2D eigenvalue weighted by Crippen LogP contribution is -1.95. The molecule has 1 N–H and O–H groups in total. The number of hydrogen-bond donors (Lipinski definition) is 1. The van der Waals surface area contributed by atoms with Gasteiger partial charge < -0.3 is 14.5 Å². The fourth-order valence-corrected chi connectivity index (χ4v) is 2.19. The van der Waals surface area contributed by atoms with Crippen LogP contribution in [0, 0.1) is 0 Å². The van der Waals surface area contributed by atoms with Crippen molar-refractivity contribution < 1.29 is 9.15 Å².